The summed E-state index contributed by atoms with van der Waals surface area (Å²) in [4.78, 5) is 11.8. The molecule has 2 aromatic carbocycles. The van der Waals surface area contributed by atoms with Crippen LogP contribution in [0.15, 0.2) is 36.4 Å². The van der Waals surface area contributed by atoms with E-state index in [4.69, 9.17) is 9.47 Å². The van der Waals surface area contributed by atoms with E-state index in [1.165, 1.54) is 7.11 Å². The topological polar surface area (TPSA) is 47.6 Å². The first kappa shape index (κ1) is 17.9. The summed E-state index contributed by atoms with van der Waals surface area (Å²) in [7, 11) is 1.40. The number of para-hydroxylation sites is 1. The molecule has 0 fully saturated rings. The lowest BCUT2D eigenvalue weighted by atomic mass is 10.1. The van der Waals surface area contributed by atoms with Crippen molar-refractivity contribution in [3.05, 3.63) is 58.7 Å². The molecule has 0 saturated heterocycles. The normalized spacial score (nSPS) is 10.3. The van der Waals surface area contributed by atoms with Gasteiger partial charge in [-0.05, 0) is 50.5 Å². The Balaban J connectivity index is 1.88. The smallest absolute Gasteiger partial charge is 0.339 e. The highest BCUT2D eigenvalue weighted by Crippen LogP contribution is 2.22. The molecule has 0 aliphatic heterocycles. The van der Waals surface area contributed by atoms with Gasteiger partial charge in [0.1, 0.15) is 5.75 Å². The Bertz CT molecular complexity index is 690. The molecule has 2 aromatic rings. The largest absolute Gasteiger partial charge is 0.493 e. The summed E-state index contributed by atoms with van der Waals surface area (Å²) in [5, 5.41) is 3.29. The maximum atomic E-state index is 11.8. The maximum Gasteiger partial charge on any atom is 0.339 e. The number of hydrogen-bond donors (Lipinski definition) is 1. The van der Waals surface area contributed by atoms with Crippen molar-refractivity contribution in [1.29, 1.82) is 0 Å². The van der Waals surface area contributed by atoms with Crippen molar-refractivity contribution in [2.75, 3.05) is 25.6 Å². The molecule has 4 heteroatoms. The number of aryl methyl sites for hydroxylation is 3. The monoisotopic (exact) mass is 327 g/mol. The van der Waals surface area contributed by atoms with Gasteiger partial charge in [0.15, 0.2) is 0 Å². The molecule has 0 aromatic heterocycles. The van der Waals surface area contributed by atoms with Crippen molar-refractivity contribution in [1.82, 2.24) is 0 Å². The molecule has 0 spiro atoms. The first-order valence-corrected chi connectivity index (χ1v) is 8.14. The predicted octanol–water partition coefficient (Wildman–Crippen LogP) is 4.28. The fourth-order valence-electron chi connectivity index (χ4n) is 2.59. The zero-order chi connectivity index (χ0) is 17.5. The van der Waals surface area contributed by atoms with Gasteiger partial charge >= 0.3 is 5.97 Å². The van der Waals surface area contributed by atoms with Crippen LogP contribution in [0.1, 0.15) is 33.5 Å². The maximum absolute atomic E-state index is 11.8. The van der Waals surface area contributed by atoms with Gasteiger partial charge in [-0.25, -0.2) is 4.79 Å². The first-order valence-electron chi connectivity index (χ1n) is 8.14. The summed E-state index contributed by atoms with van der Waals surface area (Å²) in [5.41, 5.74) is 4.68. The molecule has 0 amide bonds. The summed E-state index contributed by atoms with van der Waals surface area (Å²) in [5.74, 6) is 0.635. The molecule has 128 valence electrons. The van der Waals surface area contributed by atoms with Crippen LogP contribution in [0.5, 0.6) is 5.75 Å². The number of benzene rings is 2. The van der Waals surface area contributed by atoms with E-state index in [1.54, 1.807) is 0 Å². The molecule has 0 heterocycles. The van der Waals surface area contributed by atoms with Gasteiger partial charge in [0.2, 0.25) is 0 Å². The minimum Gasteiger partial charge on any atom is -0.493 e. The van der Waals surface area contributed by atoms with Crippen LogP contribution >= 0.6 is 0 Å². The predicted molar refractivity (Wildman–Crippen MR) is 97.0 cm³/mol. The van der Waals surface area contributed by atoms with Crippen LogP contribution in [0.25, 0.3) is 0 Å². The minimum atomic E-state index is -0.326. The van der Waals surface area contributed by atoms with Crippen molar-refractivity contribution in [3.8, 4) is 5.75 Å². The van der Waals surface area contributed by atoms with E-state index in [0.717, 1.165) is 41.1 Å². The molecule has 2 rings (SSSR count). The highest BCUT2D eigenvalue weighted by atomic mass is 16.5. The summed E-state index contributed by atoms with van der Waals surface area (Å²) in [6.07, 6.45) is 0.836. The first-order chi connectivity index (χ1) is 11.5. The third-order valence-electron chi connectivity index (χ3n) is 3.87. The van der Waals surface area contributed by atoms with Gasteiger partial charge in [0.05, 0.1) is 19.3 Å². The number of anilines is 1. The molecule has 0 bridgehead atoms. The second kappa shape index (κ2) is 8.39. The number of esters is 1. The molecule has 0 radical (unpaired) electrons. The lowest BCUT2D eigenvalue weighted by molar-refractivity contribution is 0.0601. The summed E-state index contributed by atoms with van der Waals surface area (Å²) in [6.45, 7) is 7.40. The van der Waals surface area contributed by atoms with Crippen molar-refractivity contribution < 1.29 is 14.3 Å². The Hall–Kier alpha value is -2.49. The molecular formula is C20H25NO3. The van der Waals surface area contributed by atoms with E-state index < -0.39 is 0 Å². The van der Waals surface area contributed by atoms with E-state index in [2.05, 4.69) is 31.3 Å². The van der Waals surface area contributed by atoms with Gasteiger partial charge in [-0.3, -0.25) is 0 Å². The molecule has 0 unspecified atom stereocenters. The fourth-order valence-corrected chi connectivity index (χ4v) is 2.59. The number of ether oxygens (including phenoxy) is 2. The molecule has 0 aliphatic rings. The Labute approximate surface area is 143 Å². The fraction of sp³-hybridized carbons (Fsp3) is 0.350. The van der Waals surface area contributed by atoms with Gasteiger partial charge in [-0.15, -0.1) is 0 Å². The number of nitrogens with one attached hydrogen (secondary N) is 1. The molecular weight excluding hydrogens is 302 g/mol. The number of carbonyl (C=O) groups excluding carboxylic acids is 1. The number of hydrogen-bond acceptors (Lipinski definition) is 4. The molecule has 0 aliphatic carbocycles. The second-order valence-corrected chi connectivity index (χ2v) is 5.89. The Morgan fingerprint density at radius 2 is 1.79 bits per heavy atom. The Morgan fingerprint density at radius 3 is 2.46 bits per heavy atom. The summed E-state index contributed by atoms with van der Waals surface area (Å²) in [6, 6.07) is 11.9. The van der Waals surface area contributed by atoms with Crippen molar-refractivity contribution >= 4 is 11.7 Å². The summed E-state index contributed by atoms with van der Waals surface area (Å²) < 4.78 is 10.7. The van der Waals surface area contributed by atoms with E-state index in [9.17, 15) is 4.79 Å². The average molecular weight is 327 g/mol. The average Bonchev–Trinajstić information content (AvgIpc) is 2.57. The second-order valence-electron chi connectivity index (χ2n) is 5.89. The van der Waals surface area contributed by atoms with E-state index in [1.807, 2.05) is 31.2 Å². The molecule has 0 atom stereocenters. The van der Waals surface area contributed by atoms with Crippen LogP contribution < -0.4 is 10.1 Å². The van der Waals surface area contributed by atoms with Crippen molar-refractivity contribution in [2.24, 2.45) is 0 Å². The SMILES string of the molecule is COC(=O)c1cc(C)ccc1NCCCOc1c(C)cccc1C. The van der Waals surface area contributed by atoms with Crippen LogP contribution in [0, 0.1) is 20.8 Å². The van der Waals surface area contributed by atoms with E-state index in [0.29, 0.717) is 12.2 Å². The van der Waals surface area contributed by atoms with Crippen LogP contribution in [0.2, 0.25) is 0 Å². The quantitative estimate of drug-likeness (QED) is 0.609. The van der Waals surface area contributed by atoms with Crippen LogP contribution in [-0.2, 0) is 4.74 Å². The highest BCUT2D eigenvalue weighted by molar-refractivity contribution is 5.95. The minimum absolute atomic E-state index is 0.326. The van der Waals surface area contributed by atoms with Crippen molar-refractivity contribution in [2.45, 2.75) is 27.2 Å². The molecule has 1 N–H and O–H groups in total. The third kappa shape index (κ3) is 4.51. The van der Waals surface area contributed by atoms with Gasteiger partial charge in [-0.2, -0.15) is 0 Å². The number of methoxy groups -OCH3 is 1. The third-order valence-corrected chi connectivity index (χ3v) is 3.87. The standard InChI is InChI=1S/C20H25NO3/c1-14-9-10-18(17(13-14)20(22)23-4)21-11-6-12-24-19-15(2)7-5-8-16(19)3/h5,7-10,13,21H,6,11-12H2,1-4H3. The van der Waals surface area contributed by atoms with E-state index in [-0.39, 0.29) is 5.97 Å². The lowest BCUT2D eigenvalue weighted by Crippen LogP contribution is -2.12. The zero-order valence-corrected chi connectivity index (χ0v) is 14.8. The Morgan fingerprint density at radius 1 is 1.08 bits per heavy atom. The number of rotatable bonds is 7. The van der Waals surface area contributed by atoms with E-state index >= 15 is 0 Å². The molecule has 0 saturated carbocycles. The lowest BCUT2D eigenvalue weighted by Gasteiger charge is -2.14. The van der Waals surface area contributed by atoms with Crippen LogP contribution in [0.3, 0.4) is 0 Å². The summed E-state index contributed by atoms with van der Waals surface area (Å²) >= 11 is 0. The number of carbonyl (C=O) groups is 1. The van der Waals surface area contributed by atoms with Crippen molar-refractivity contribution in [3.63, 3.8) is 0 Å². The van der Waals surface area contributed by atoms with Gasteiger partial charge in [-0.1, -0.05) is 29.8 Å². The van der Waals surface area contributed by atoms with Crippen LogP contribution in [0.4, 0.5) is 5.69 Å². The van der Waals surface area contributed by atoms with Crippen LogP contribution in [-0.4, -0.2) is 26.2 Å². The molecule has 24 heavy (non-hydrogen) atoms. The Kier molecular flexibility index (Phi) is 6.24. The molecule has 4 nitrogen and oxygen atoms in total. The van der Waals surface area contributed by atoms with Gasteiger partial charge < -0.3 is 14.8 Å². The highest BCUT2D eigenvalue weighted by Gasteiger charge is 2.11. The zero-order valence-electron chi connectivity index (χ0n) is 14.8. The van der Waals surface area contributed by atoms with Gasteiger partial charge in [0.25, 0.3) is 0 Å². The van der Waals surface area contributed by atoms with Gasteiger partial charge in [0, 0.05) is 12.2 Å².